The maximum atomic E-state index is 13.6. The van der Waals surface area contributed by atoms with Crippen LogP contribution in [0.25, 0.3) is 21.9 Å². The lowest BCUT2D eigenvalue weighted by Gasteiger charge is -2.24. The molecule has 0 fully saturated rings. The van der Waals surface area contributed by atoms with Gasteiger partial charge in [-0.05, 0) is 23.3 Å². The summed E-state index contributed by atoms with van der Waals surface area (Å²) < 4.78 is 9.76. The second-order valence-corrected chi connectivity index (χ2v) is 7.99. The highest BCUT2D eigenvalue weighted by molar-refractivity contribution is 5.88. The molecule has 0 atom stereocenters. The summed E-state index contributed by atoms with van der Waals surface area (Å²) in [5.74, 6) is 0.540. The van der Waals surface area contributed by atoms with Gasteiger partial charge in [-0.15, -0.1) is 0 Å². The van der Waals surface area contributed by atoms with Crippen molar-refractivity contribution in [2.45, 2.75) is 20.0 Å². The van der Waals surface area contributed by atoms with Crippen LogP contribution in [0.1, 0.15) is 12.5 Å². The predicted molar refractivity (Wildman–Crippen MR) is 125 cm³/mol. The van der Waals surface area contributed by atoms with Crippen molar-refractivity contribution in [1.82, 2.24) is 18.7 Å². The Hall–Kier alpha value is -3.72. The highest BCUT2D eigenvalue weighted by atomic mass is 16.5. The number of aromatic nitrogens is 4. The lowest BCUT2D eigenvalue weighted by Crippen LogP contribution is -2.40. The molecule has 1 aliphatic heterocycles. The number of hydrazone groups is 1. The molecule has 9 nitrogen and oxygen atoms in total. The van der Waals surface area contributed by atoms with Crippen LogP contribution in [0.5, 0.6) is 0 Å². The van der Waals surface area contributed by atoms with Gasteiger partial charge in [-0.3, -0.25) is 18.5 Å². The number of nitrogens with zero attached hydrogens (tertiary/aromatic N) is 6. The Bertz CT molecular complexity index is 1490. The van der Waals surface area contributed by atoms with Crippen molar-refractivity contribution >= 4 is 33.6 Å². The van der Waals surface area contributed by atoms with E-state index >= 15 is 0 Å². The molecule has 0 bridgehead atoms. The van der Waals surface area contributed by atoms with Crippen LogP contribution < -0.4 is 16.3 Å². The first-order chi connectivity index (χ1) is 15.5. The smallest absolute Gasteiger partial charge is 0.332 e. The lowest BCUT2D eigenvalue weighted by molar-refractivity contribution is 0.205. The van der Waals surface area contributed by atoms with Crippen molar-refractivity contribution < 1.29 is 4.74 Å². The molecule has 0 aliphatic carbocycles. The number of fused-ring (bicyclic) bond motifs is 4. The number of rotatable bonds is 5. The second kappa shape index (κ2) is 7.76. The number of aryl methyl sites for hydroxylation is 1. The molecule has 32 heavy (non-hydrogen) atoms. The van der Waals surface area contributed by atoms with Gasteiger partial charge in [0, 0.05) is 14.2 Å². The van der Waals surface area contributed by atoms with Crippen molar-refractivity contribution in [3.63, 3.8) is 0 Å². The molecule has 0 amide bonds. The lowest BCUT2D eigenvalue weighted by atomic mass is 10.0. The molecule has 0 N–H and O–H groups in total. The third-order valence-corrected chi connectivity index (χ3v) is 5.84. The molecule has 0 saturated heterocycles. The van der Waals surface area contributed by atoms with E-state index in [0.717, 1.165) is 22.0 Å². The zero-order chi connectivity index (χ0) is 22.4. The molecule has 164 valence electrons. The number of anilines is 1. The highest BCUT2D eigenvalue weighted by Crippen LogP contribution is 2.24. The van der Waals surface area contributed by atoms with E-state index < -0.39 is 5.69 Å². The Morgan fingerprint density at radius 2 is 1.88 bits per heavy atom. The van der Waals surface area contributed by atoms with E-state index in [0.29, 0.717) is 36.8 Å². The monoisotopic (exact) mass is 432 g/mol. The second-order valence-electron chi connectivity index (χ2n) is 7.99. The predicted octanol–water partition coefficient (Wildman–Crippen LogP) is 1.94. The molecule has 3 heterocycles. The Labute approximate surface area is 183 Å². The first-order valence-electron chi connectivity index (χ1n) is 10.5. The zero-order valence-corrected chi connectivity index (χ0v) is 18.3. The van der Waals surface area contributed by atoms with E-state index in [1.54, 1.807) is 19.2 Å². The average Bonchev–Trinajstić information content (AvgIpc) is 3.18. The Kier molecular flexibility index (Phi) is 4.90. The fourth-order valence-corrected chi connectivity index (χ4v) is 4.29. The summed E-state index contributed by atoms with van der Waals surface area (Å²) in [6, 6.07) is 13.9. The van der Waals surface area contributed by atoms with Crippen LogP contribution in [-0.4, -0.2) is 44.7 Å². The fourth-order valence-electron chi connectivity index (χ4n) is 4.29. The molecule has 0 unspecified atom stereocenters. The number of hydrogen-bond donors (Lipinski definition) is 0. The summed E-state index contributed by atoms with van der Waals surface area (Å²) in [6.07, 6.45) is 0. The molecule has 0 radical (unpaired) electrons. The Balaban J connectivity index is 1.70. The largest absolute Gasteiger partial charge is 0.383 e. The van der Waals surface area contributed by atoms with Crippen LogP contribution in [0.3, 0.4) is 0 Å². The van der Waals surface area contributed by atoms with Crippen molar-refractivity contribution in [3.8, 4) is 0 Å². The molecular weight excluding hydrogens is 408 g/mol. The normalized spacial score (nSPS) is 13.6. The number of imidazole rings is 1. The van der Waals surface area contributed by atoms with E-state index in [1.807, 2.05) is 54.0 Å². The van der Waals surface area contributed by atoms with E-state index in [4.69, 9.17) is 4.74 Å². The Morgan fingerprint density at radius 1 is 1.09 bits per heavy atom. The van der Waals surface area contributed by atoms with Gasteiger partial charge in [0.2, 0.25) is 5.95 Å². The van der Waals surface area contributed by atoms with Gasteiger partial charge in [-0.2, -0.15) is 10.1 Å². The molecule has 2 aromatic heterocycles. The van der Waals surface area contributed by atoms with Gasteiger partial charge in [0.15, 0.2) is 11.2 Å². The van der Waals surface area contributed by atoms with Gasteiger partial charge < -0.3 is 4.74 Å². The van der Waals surface area contributed by atoms with Crippen molar-refractivity contribution in [2.75, 3.05) is 25.3 Å². The van der Waals surface area contributed by atoms with Crippen LogP contribution in [-0.2, 0) is 24.9 Å². The number of methoxy groups -OCH3 is 1. The fraction of sp³-hybridized carbons (Fsp3) is 0.304. The van der Waals surface area contributed by atoms with Gasteiger partial charge in [0.1, 0.15) is 0 Å². The molecule has 4 aromatic rings. The minimum Gasteiger partial charge on any atom is -0.383 e. The van der Waals surface area contributed by atoms with Crippen molar-refractivity contribution in [3.05, 3.63) is 68.9 Å². The zero-order valence-electron chi connectivity index (χ0n) is 18.3. The van der Waals surface area contributed by atoms with Gasteiger partial charge in [0.05, 0.1) is 32.0 Å². The van der Waals surface area contributed by atoms with Gasteiger partial charge in [-0.1, -0.05) is 42.5 Å². The first kappa shape index (κ1) is 20.2. The molecule has 9 heteroatoms. The van der Waals surface area contributed by atoms with Gasteiger partial charge in [0.25, 0.3) is 5.56 Å². The topological polar surface area (TPSA) is 86.7 Å². The van der Waals surface area contributed by atoms with Crippen molar-refractivity contribution in [1.29, 1.82) is 0 Å². The van der Waals surface area contributed by atoms with Crippen LogP contribution in [0, 0.1) is 0 Å². The summed E-state index contributed by atoms with van der Waals surface area (Å²) in [6.45, 7) is 3.49. The summed E-state index contributed by atoms with van der Waals surface area (Å²) in [5, 5.41) is 8.37. The summed E-state index contributed by atoms with van der Waals surface area (Å²) >= 11 is 0. The average molecular weight is 432 g/mol. The molecule has 5 rings (SSSR count). The van der Waals surface area contributed by atoms with Crippen molar-refractivity contribution in [2.24, 2.45) is 12.1 Å². The standard InChI is InChI=1S/C23H24N6O3/c1-15-13-27-19-20(24-22(27)29(25-15)11-12-32-3)26(2)23(31)28(21(19)30)14-17-9-6-8-16-7-4-5-10-18(16)17/h4-10H,11-14H2,1-3H3. The van der Waals surface area contributed by atoms with E-state index in [2.05, 4.69) is 10.1 Å². The molecule has 2 aromatic carbocycles. The van der Waals surface area contributed by atoms with E-state index in [9.17, 15) is 9.59 Å². The number of benzene rings is 2. The Morgan fingerprint density at radius 3 is 2.69 bits per heavy atom. The van der Waals surface area contributed by atoms with Gasteiger partial charge >= 0.3 is 5.69 Å². The summed E-state index contributed by atoms with van der Waals surface area (Å²) in [5.41, 5.74) is 1.78. The summed E-state index contributed by atoms with van der Waals surface area (Å²) in [4.78, 5) is 31.4. The maximum Gasteiger partial charge on any atom is 0.332 e. The van der Waals surface area contributed by atoms with E-state index in [-0.39, 0.29) is 12.1 Å². The van der Waals surface area contributed by atoms with Gasteiger partial charge in [-0.25, -0.2) is 9.80 Å². The minimum atomic E-state index is -0.396. The molecule has 0 saturated carbocycles. The quantitative estimate of drug-likeness (QED) is 0.481. The summed E-state index contributed by atoms with van der Waals surface area (Å²) in [7, 11) is 3.27. The third kappa shape index (κ3) is 3.13. The molecular formula is C23H24N6O3. The van der Waals surface area contributed by atoms with Crippen LogP contribution >= 0.6 is 0 Å². The molecule has 1 aliphatic rings. The molecule has 0 spiro atoms. The number of ether oxygens (including phenoxy) is 1. The highest BCUT2D eigenvalue weighted by Gasteiger charge is 2.26. The van der Waals surface area contributed by atoms with Crippen LogP contribution in [0.4, 0.5) is 5.95 Å². The third-order valence-electron chi connectivity index (χ3n) is 5.84. The SMILES string of the molecule is COCCN1N=C(C)Cn2c1nc1c2c(=O)n(Cc2cccc3ccccc23)c(=O)n1C. The maximum absolute atomic E-state index is 13.6. The van der Waals surface area contributed by atoms with E-state index in [1.165, 1.54) is 9.13 Å². The minimum absolute atomic E-state index is 0.184. The van der Waals surface area contributed by atoms with Crippen LogP contribution in [0.2, 0.25) is 0 Å². The number of hydrogen-bond acceptors (Lipinski definition) is 6. The van der Waals surface area contributed by atoms with Crippen LogP contribution in [0.15, 0.2) is 57.2 Å². The first-order valence-corrected chi connectivity index (χ1v) is 10.5.